The lowest BCUT2D eigenvalue weighted by molar-refractivity contribution is -0.139. The molecule has 8 nitrogen and oxygen atoms in total. The van der Waals surface area contributed by atoms with Crippen LogP contribution in [0.4, 0.5) is 5.69 Å². The first-order valence-electron chi connectivity index (χ1n) is 12.4. The lowest BCUT2D eigenvalue weighted by atomic mass is 10.1. The summed E-state index contributed by atoms with van der Waals surface area (Å²) in [5.41, 5.74) is 2.84. The predicted molar refractivity (Wildman–Crippen MR) is 149 cm³/mol. The van der Waals surface area contributed by atoms with E-state index in [1.54, 1.807) is 63.4 Å². The van der Waals surface area contributed by atoms with Crippen LogP contribution in [0.15, 0.2) is 77.7 Å². The van der Waals surface area contributed by atoms with Gasteiger partial charge in [-0.15, -0.1) is 0 Å². The van der Waals surface area contributed by atoms with Crippen LogP contribution in [-0.4, -0.2) is 51.4 Å². The highest BCUT2D eigenvalue weighted by Crippen LogP contribution is 2.28. The molecule has 9 heteroatoms. The molecule has 0 aliphatic carbocycles. The van der Waals surface area contributed by atoms with Crippen molar-refractivity contribution in [1.29, 1.82) is 0 Å². The van der Waals surface area contributed by atoms with Crippen molar-refractivity contribution in [2.75, 3.05) is 24.5 Å². The van der Waals surface area contributed by atoms with E-state index in [2.05, 4.69) is 5.32 Å². The molecule has 0 fully saturated rings. The van der Waals surface area contributed by atoms with Crippen molar-refractivity contribution in [2.45, 2.75) is 45.2 Å². The first-order valence-corrected chi connectivity index (χ1v) is 13.9. The van der Waals surface area contributed by atoms with Crippen molar-refractivity contribution < 1.29 is 22.7 Å². The summed E-state index contributed by atoms with van der Waals surface area (Å²) in [7, 11) is -2.54. The Labute approximate surface area is 225 Å². The molecule has 0 unspecified atom stereocenters. The zero-order valence-electron chi connectivity index (χ0n) is 22.5. The molecule has 0 heterocycles. The second-order valence-electron chi connectivity index (χ2n) is 9.06. The number of methoxy groups -OCH3 is 1. The van der Waals surface area contributed by atoms with Crippen LogP contribution in [0.2, 0.25) is 0 Å². The third-order valence-electron chi connectivity index (χ3n) is 6.24. The first kappa shape index (κ1) is 28.7. The Kier molecular flexibility index (Phi) is 9.52. The molecule has 1 N–H and O–H groups in total. The topological polar surface area (TPSA) is 96.0 Å². The third kappa shape index (κ3) is 6.72. The number of anilines is 1. The van der Waals surface area contributed by atoms with Gasteiger partial charge in [0.25, 0.3) is 10.0 Å². The highest BCUT2D eigenvalue weighted by molar-refractivity contribution is 7.92. The molecule has 3 aromatic rings. The molecule has 202 valence electrons. The zero-order chi connectivity index (χ0) is 27.9. The molecule has 0 aliphatic heterocycles. The molecule has 0 aliphatic rings. The number of carbonyl (C=O) groups is 2. The summed E-state index contributed by atoms with van der Waals surface area (Å²) >= 11 is 0. The Morgan fingerprint density at radius 2 is 1.68 bits per heavy atom. The number of carbonyl (C=O) groups excluding carboxylic acids is 2. The molecule has 0 spiro atoms. The SMILES string of the molecule is CCNC(=O)[C@@H](C)N(Cc1cccc(OC)c1)C(=O)CN(c1ccc(C)cc1C)S(=O)(=O)c1ccccc1. The fourth-order valence-corrected chi connectivity index (χ4v) is 5.69. The Bertz CT molecular complexity index is 1380. The van der Waals surface area contributed by atoms with Gasteiger partial charge in [-0.1, -0.05) is 48.0 Å². The van der Waals surface area contributed by atoms with Crippen LogP contribution >= 0.6 is 0 Å². The standard InChI is InChI=1S/C29H35N3O5S/c1-6-30-29(34)23(4)31(19-24-11-10-12-25(18-24)37-5)28(33)20-32(27-16-15-21(2)17-22(27)3)38(35,36)26-13-8-7-9-14-26/h7-18,23H,6,19-20H2,1-5H3,(H,30,34)/t23-/m1/s1. The van der Waals surface area contributed by atoms with Crippen LogP contribution in [0.3, 0.4) is 0 Å². The Balaban J connectivity index is 2.06. The van der Waals surface area contributed by atoms with Crippen molar-refractivity contribution in [3.8, 4) is 5.75 Å². The summed E-state index contributed by atoms with van der Waals surface area (Å²) in [6.45, 7) is 7.19. The van der Waals surface area contributed by atoms with Gasteiger partial charge in [-0.2, -0.15) is 0 Å². The molecule has 3 aromatic carbocycles. The van der Waals surface area contributed by atoms with E-state index in [4.69, 9.17) is 4.74 Å². The van der Waals surface area contributed by atoms with Crippen LogP contribution in [0.1, 0.15) is 30.5 Å². The number of hydrogen-bond acceptors (Lipinski definition) is 5. The lowest BCUT2D eigenvalue weighted by Gasteiger charge is -2.32. The van der Waals surface area contributed by atoms with E-state index in [9.17, 15) is 18.0 Å². The number of rotatable bonds is 11. The zero-order valence-corrected chi connectivity index (χ0v) is 23.3. The summed E-state index contributed by atoms with van der Waals surface area (Å²) in [6, 6.07) is 19.8. The summed E-state index contributed by atoms with van der Waals surface area (Å²) in [5, 5.41) is 2.76. The number of nitrogens with one attached hydrogen (secondary N) is 1. The van der Waals surface area contributed by atoms with E-state index in [1.165, 1.54) is 17.0 Å². The van der Waals surface area contributed by atoms with Gasteiger partial charge in [0, 0.05) is 13.1 Å². The summed E-state index contributed by atoms with van der Waals surface area (Å²) in [5.74, 6) is -0.220. The van der Waals surface area contributed by atoms with Gasteiger partial charge in [-0.25, -0.2) is 8.42 Å². The van der Waals surface area contributed by atoms with Crippen molar-refractivity contribution in [2.24, 2.45) is 0 Å². The number of sulfonamides is 1. The quantitative estimate of drug-likeness (QED) is 0.398. The molecule has 0 aromatic heterocycles. The van der Waals surface area contributed by atoms with Gasteiger partial charge in [-0.05, 0) is 69.2 Å². The highest BCUT2D eigenvalue weighted by atomic mass is 32.2. The van der Waals surface area contributed by atoms with Crippen molar-refractivity contribution in [3.05, 3.63) is 89.5 Å². The normalized spacial score (nSPS) is 11.9. The van der Waals surface area contributed by atoms with Gasteiger partial charge in [0.05, 0.1) is 17.7 Å². The molecule has 0 saturated heterocycles. The number of likely N-dealkylation sites (N-methyl/N-ethyl adjacent to an activating group) is 1. The van der Waals surface area contributed by atoms with E-state index in [0.717, 1.165) is 15.4 Å². The van der Waals surface area contributed by atoms with Crippen LogP contribution in [0.25, 0.3) is 0 Å². The second kappa shape index (κ2) is 12.6. The van der Waals surface area contributed by atoms with E-state index in [-0.39, 0.29) is 17.3 Å². The maximum Gasteiger partial charge on any atom is 0.264 e. The Morgan fingerprint density at radius 1 is 0.974 bits per heavy atom. The average molecular weight is 538 g/mol. The maximum atomic E-state index is 13.9. The van der Waals surface area contributed by atoms with Crippen LogP contribution < -0.4 is 14.4 Å². The van der Waals surface area contributed by atoms with Crippen LogP contribution in [-0.2, 0) is 26.2 Å². The van der Waals surface area contributed by atoms with Gasteiger partial charge in [0.2, 0.25) is 11.8 Å². The first-order chi connectivity index (χ1) is 18.1. The molecule has 3 rings (SSSR count). The fourth-order valence-electron chi connectivity index (χ4n) is 4.19. The van der Waals surface area contributed by atoms with Gasteiger partial charge in [0.1, 0.15) is 18.3 Å². The molecular formula is C29H35N3O5S. The largest absolute Gasteiger partial charge is 0.497 e. The number of amides is 2. The fraction of sp³-hybridized carbons (Fsp3) is 0.310. The van der Waals surface area contributed by atoms with Gasteiger partial charge in [0.15, 0.2) is 0 Å². The van der Waals surface area contributed by atoms with Crippen LogP contribution in [0, 0.1) is 13.8 Å². The number of benzene rings is 3. The van der Waals surface area contributed by atoms with Crippen molar-refractivity contribution in [1.82, 2.24) is 10.2 Å². The summed E-state index contributed by atoms with van der Waals surface area (Å²) in [4.78, 5) is 28.2. The van der Waals surface area contributed by atoms with Gasteiger partial charge < -0.3 is 15.0 Å². The minimum atomic E-state index is -4.09. The minimum Gasteiger partial charge on any atom is -0.497 e. The number of ether oxygens (including phenoxy) is 1. The molecule has 2 amide bonds. The smallest absolute Gasteiger partial charge is 0.264 e. The second-order valence-corrected chi connectivity index (χ2v) is 10.9. The van der Waals surface area contributed by atoms with Crippen molar-refractivity contribution >= 4 is 27.5 Å². The molecule has 38 heavy (non-hydrogen) atoms. The minimum absolute atomic E-state index is 0.0731. The average Bonchev–Trinajstić information content (AvgIpc) is 2.91. The van der Waals surface area contributed by atoms with E-state index in [1.807, 2.05) is 32.0 Å². The van der Waals surface area contributed by atoms with E-state index in [0.29, 0.717) is 23.5 Å². The number of aryl methyl sites for hydroxylation is 2. The molecule has 0 saturated carbocycles. The van der Waals surface area contributed by atoms with E-state index >= 15 is 0 Å². The van der Waals surface area contributed by atoms with Gasteiger partial charge >= 0.3 is 0 Å². The number of hydrogen-bond donors (Lipinski definition) is 1. The predicted octanol–water partition coefficient (Wildman–Crippen LogP) is 4.06. The summed E-state index contributed by atoms with van der Waals surface area (Å²) < 4.78 is 34.1. The third-order valence-corrected chi connectivity index (χ3v) is 8.01. The Morgan fingerprint density at radius 3 is 2.32 bits per heavy atom. The molecular weight excluding hydrogens is 502 g/mol. The number of nitrogens with zero attached hydrogens (tertiary/aromatic N) is 2. The maximum absolute atomic E-state index is 13.9. The summed E-state index contributed by atoms with van der Waals surface area (Å²) in [6.07, 6.45) is 0. The lowest BCUT2D eigenvalue weighted by Crippen LogP contribution is -2.51. The molecule has 0 bridgehead atoms. The molecule has 1 atom stereocenters. The molecule has 0 radical (unpaired) electrons. The Hall–Kier alpha value is -3.85. The van der Waals surface area contributed by atoms with Gasteiger partial charge in [-0.3, -0.25) is 13.9 Å². The monoisotopic (exact) mass is 537 g/mol. The van der Waals surface area contributed by atoms with E-state index < -0.39 is 28.5 Å². The highest BCUT2D eigenvalue weighted by Gasteiger charge is 2.33. The van der Waals surface area contributed by atoms with Crippen molar-refractivity contribution in [3.63, 3.8) is 0 Å². The van der Waals surface area contributed by atoms with Crippen LogP contribution in [0.5, 0.6) is 5.75 Å².